The van der Waals surface area contributed by atoms with Gasteiger partial charge in [0.05, 0.1) is 21.3 Å². The number of ether oxygens (including phenoxy) is 1. The van der Waals surface area contributed by atoms with E-state index < -0.39 is 15.7 Å². The largest absolute Gasteiger partial charge is 0.460 e. The maximum Gasteiger partial charge on any atom is 0.324 e. The lowest BCUT2D eigenvalue weighted by atomic mass is 10.1. The zero-order valence-corrected chi connectivity index (χ0v) is 21.9. The van der Waals surface area contributed by atoms with Crippen molar-refractivity contribution in [2.24, 2.45) is 0 Å². The summed E-state index contributed by atoms with van der Waals surface area (Å²) < 4.78 is 50.8. The number of fused-ring (bicyclic) bond motifs is 1. The number of anilines is 1. The van der Waals surface area contributed by atoms with Gasteiger partial charge in [0, 0.05) is 54.3 Å². The molecule has 0 atom stereocenters. The Morgan fingerprint density at radius 2 is 1.87 bits per heavy atom. The molecule has 0 amide bonds. The van der Waals surface area contributed by atoms with Gasteiger partial charge in [-0.1, -0.05) is 41.6 Å². The number of hydrogen-bond donors (Lipinski definition) is 0. The first-order chi connectivity index (χ1) is 18.3. The Hall–Kier alpha value is -3.90. The second kappa shape index (κ2) is 9.76. The van der Waals surface area contributed by atoms with Gasteiger partial charge in [0.25, 0.3) is 0 Å². The van der Waals surface area contributed by atoms with Gasteiger partial charge in [0.2, 0.25) is 5.82 Å². The van der Waals surface area contributed by atoms with Crippen LogP contribution >= 0.6 is 11.3 Å². The first kappa shape index (κ1) is 24.4. The summed E-state index contributed by atoms with van der Waals surface area (Å²) in [4.78, 5) is 15.4. The summed E-state index contributed by atoms with van der Waals surface area (Å²) in [7, 11) is -3.51. The van der Waals surface area contributed by atoms with Crippen LogP contribution in [0, 0.1) is 5.82 Å². The summed E-state index contributed by atoms with van der Waals surface area (Å²) in [6.45, 7) is 1.34. The van der Waals surface area contributed by atoms with Gasteiger partial charge < -0.3 is 14.2 Å². The van der Waals surface area contributed by atoms with E-state index in [2.05, 4.69) is 20.1 Å². The number of benzene rings is 2. The number of aromatic nitrogens is 4. The monoisotopic (exact) mass is 551 g/mol. The van der Waals surface area contributed by atoms with Crippen LogP contribution in [0.5, 0.6) is 6.01 Å². The van der Waals surface area contributed by atoms with E-state index in [1.165, 1.54) is 23.5 Å². The molecule has 0 spiro atoms. The lowest BCUT2D eigenvalue weighted by molar-refractivity contribution is 0.155. The predicted molar refractivity (Wildman–Crippen MR) is 142 cm³/mol. The molecule has 9 nitrogen and oxygen atoms in total. The van der Waals surface area contributed by atoms with E-state index >= 15 is 0 Å². The highest BCUT2D eigenvalue weighted by atomic mass is 32.2. The molecule has 2 aromatic carbocycles. The van der Waals surface area contributed by atoms with Gasteiger partial charge in [-0.15, -0.1) is 11.3 Å². The molecule has 6 rings (SSSR count). The smallest absolute Gasteiger partial charge is 0.324 e. The summed E-state index contributed by atoms with van der Waals surface area (Å²) in [6, 6.07) is 14.3. The Bertz CT molecular complexity index is 1710. The molecule has 0 radical (unpaired) electrons. The molecule has 1 aliphatic rings. The van der Waals surface area contributed by atoms with Gasteiger partial charge in [0.1, 0.15) is 11.9 Å². The highest BCUT2D eigenvalue weighted by Crippen LogP contribution is 2.35. The first-order valence-electron chi connectivity index (χ1n) is 11.9. The zero-order valence-electron chi connectivity index (χ0n) is 20.2. The van der Waals surface area contributed by atoms with Crippen molar-refractivity contribution in [2.75, 3.05) is 24.2 Å². The van der Waals surface area contributed by atoms with Gasteiger partial charge in [-0.25, -0.2) is 17.8 Å². The third-order valence-corrected chi connectivity index (χ3v) is 8.40. The molecule has 0 N–H and O–H groups in total. The van der Waals surface area contributed by atoms with Crippen LogP contribution in [0.2, 0.25) is 0 Å². The molecule has 0 bridgehead atoms. The van der Waals surface area contributed by atoms with Crippen molar-refractivity contribution >= 4 is 37.4 Å². The predicted octanol–water partition coefficient (Wildman–Crippen LogP) is 5.00. The van der Waals surface area contributed by atoms with Gasteiger partial charge in [-0.3, -0.25) is 0 Å². The van der Waals surface area contributed by atoms with Crippen molar-refractivity contribution in [1.82, 2.24) is 20.1 Å². The van der Waals surface area contributed by atoms with E-state index in [1.54, 1.807) is 11.6 Å². The number of sulfone groups is 1. The van der Waals surface area contributed by atoms with E-state index in [-0.39, 0.29) is 22.6 Å². The van der Waals surface area contributed by atoms with Crippen molar-refractivity contribution in [3.8, 4) is 28.5 Å². The number of thiophene rings is 1. The summed E-state index contributed by atoms with van der Waals surface area (Å²) in [5, 5.41) is 5.88. The lowest BCUT2D eigenvalue weighted by Crippen LogP contribution is -2.38. The Balaban J connectivity index is 1.15. The summed E-state index contributed by atoms with van der Waals surface area (Å²) in [5.74, 6) is -0.0767. The molecule has 1 aliphatic heterocycles. The molecule has 0 unspecified atom stereocenters. The van der Waals surface area contributed by atoms with Crippen LogP contribution in [-0.2, 0) is 9.84 Å². The average molecular weight is 552 g/mol. The van der Waals surface area contributed by atoms with E-state index in [0.717, 1.165) is 22.6 Å². The highest BCUT2D eigenvalue weighted by Gasteiger charge is 2.25. The van der Waals surface area contributed by atoms with Crippen molar-refractivity contribution in [3.63, 3.8) is 0 Å². The number of nitrogens with zero attached hydrogens (tertiary/aromatic N) is 5. The highest BCUT2D eigenvalue weighted by molar-refractivity contribution is 7.90. The fourth-order valence-corrected chi connectivity index (χ4v) is 5.86. The van der Waals surface area contributed by atoms with E-state index in [4.69, 9.17) is 9.26 Å². The second-order valence-corrected chi connectivity index (χ2v) is 11.9. The number of halogens is 1. The minimum absolute atomic E-state index is 0.0694. The number of hydrogen-bond acceptors (Lipinski definition) is 10. The normalized spacial score (nSPS) is 14.7. The maximum atomic E-state index is 14.9. The molecule has 1 saturated heterocycles. The van der Waals surface area contributed by atoms with Crippen LogP contribution in [0.4, 0.5) is 10.4 Å². The van der Waals surface area contributed by atoms with Crippen LogP contribution in [0.1, 0.15) is 12.8 Å². The van der Waals surface area contributed by atoms with Crippen LogP contribution in [0.15, 0.2) is 69.5 Å². The van der Waals surface area contributed by atoms with Crippen molar-refractivity contribution in [1.29, 1.82) is 0 Å². The van der Waals surface area contributed by atoms with Gasteiger partial charge in [-0.2, -0.15) is 9.97 Å². The van der Waals surface area contributed by atoms with Gasteiger partial charge in [-0.05, 0) is 12.1 Å². The molecule has 0 saturated carbocycles. The quantitative estimate of drug-likeness (QED) is 0.288. The molecule has 0 aliphatic carbocycles. The maximum absolute atomic E-state index is 14.9. The molecule has 1 fully saturated rings. The summed E-state index contributed by atoms with van der Waals surface area (Å²) in [6.07, 6.45) is 4.03. The minimum atomic E-state index is -3.51. The summed E-state index contributed by atoms with van der Waals surface area (Å²) >= 11 is 1.38. The van der Waals surface area contributed by atoms with Crippen LogP contribution < -0.4 is 9.64 Å². The minimum Gasteiger partial charge on any atom is -0.460 e. The third kappa shape index (κ3) is 4.84. The second-order valence-electron chi connectivity index (χ2n) is 9.00. The van der Waals surface area contributed by atoms with Crippen molar-refractivity contribution in [2.45, 2.75) is 23.8 Å². The topological polar surface area (TPSA) is 111 Å². The number of rotatable bonds is 6. The van der Waals surface area contributed by atoms with Crippen LogP contribution in [0.3, 0.4) is 0 Å². The van der Waals surface area contributed by atoms with Crippen LogP contribution in [-0.4, -0.2) is 54.0 Å². The van der Waals surface area contributed by atoms with Crippen molar-refractivity contribution in [3.05, 3.63) is 65.9 Å². The molecule has 12 heteroatoms. The molecule has 194 valence electrons. The van der Waals surface area contributed by atoms with Gasteiger partial charge in [0.15, 0.2) is 9.84 Å². The Labute approximate surface area is 221 Å². The summed E-state index contributed by atoms with van der Waals surface area (Å²) in [5.41, 5.74) is 2.29. The Kier molecular flexibility index (Phi) is 6.28. The Morgan fingerprint density at radius 1 is 1.08 bits per heavy atom. The first-order valence-corrected chi connectivity index (χ1v) is 14.7. The van der Waals surface area contributed by atoms with Crippen LogP contribution in [0.25, 0.3) is 32.7 Å². The molecule has 5 aromatic rings. The third-order valence-electron chi connectivity index (χ3n) is 6.38. The zero-order chi connectivity index (χ0) is 26.3. The lowest BCUT2D eigenvalue weighted by Gasteiger charge is -2.30. The number of piperidine rings is 1. The standard InChI is InChI=1S/C26H22FN5O4S2/c1-38(33,34)18-7-8-19(21(27)13-18)20-15-37-22-14-28-25(29-23(20)22)35-17-9-11-32(12-10-17)26-30-24(31-36-26)16-5-3-2-4-6-16/h2-8,13-15,17H,9-12H2,1H3. The molecular formula is C26H22FN5O4S2. The van der Waals surface area contributed by atoms with Gasteiger partial charge >= 0.3 is 12.0 Å². The fraction of sp³-hybridized carbons (Fsp3) is 0.231. The average Bonchev–Trinajstić information content (AvgIpc) is 3.57. The molecular weight excluding hydrogens is 529 g/mol. The van der Waals surface area contributed by atoms with E-state index in [1.807, 2.05) is 35.2 Å². The molecule has 4 heterocycles. The molecule has 38 heavy (non-hydrogen) atoms. The fourth-order valence-electron chi connectivity index (χ4n) is 4.37. The Morgan fingerprint density at radius 3 is 2.61 bits per heavy atom. The van der Waals surface area contributed by atoms with E-state index in [9.17, 15) is 12.8 Å². The van der Waals surface area contributed by atoms with Crippen molar-refractivity contribution < 1.29 is 22.1 Å². The molecule has 3 aromatic heterocycles. The van der Waals surface area contributed by atoms with E-state index in [0.29, 0.717) is 48.9 Å². The SMILES string of the molecule is CS(=O)(=O)c1ccc(-c2csc3cnc(OC4CCN(c5nc(-c6ccccc6)no5)CC4)nc23)c(F)c1.